The highest BCUT2D eigenvalue weighted by Crippen LogP contribution is 2.38. The van der Waals surface area contributed by atoms with Gasteiger partial charge >= 0.3 is 5.97 Å². The number of nitrogens with one attached hydrogen (secondary N) is 1. The number of carbonyl (C=O) groups excluding carboxylic acids is 3. The van der Waals surface area contributed by atoms with E-state index in [-0.39, 0.29) is 18.3 Å². The number of hydrogen-bond donors (Lipinski definition) is 1. The van der Waals surface area contributed by atoms with E-state index < -0.39 is 5.97 Å². The highest BCUT2D eigenvalue weighted by Gasteiger charge is 2.26. The Balaban J connectivity index is 1.48. The van der Waals surface area contributed by atoms with Crippen molar-refractivity contribution >= 4 is 23.7 Å². The maximum absolute atomic E-state index is 12.3. The molecule has 1 aliphatic rings. The van der Waals surface area contributed by atoms with Crippen LogP contribution < -0.4 is 5.32 Å². The lowest BCUT2D eigenvalue weighted by Crippen LogP contribution is -2.22. The second kappa shape index (κ2) is 9.57. The first-order valence-corrected chi connectivity index (χ1v) is 10.2. The first-order valence-electron chi connectivity index (χ1n) is 10.2. The number of carbonyl (C=O) groups is 3. The molecule has 1 aliphatic carbocycles. The van der Waals surface area contributed by atoms with Gasteiger partial charge in [-0.25, -0.2) is 4.79 Å². The van der Waals surface area contributed by atoms with Crippen molar-refractivity contribution in [2.24, 2.45) is 0 Å². The average molecular weight is 408 g/mol. The fourth-order valence-electron chi connectivity index (χ4n) is 3.53. The second-order valence-electron chi connectivity index (χ2n) is 7.72. The van der Waals surface area contributed by atoms with Crippen LogP contribution >= 0.6 is 0 Å². The van der Waals surface area contributed by atoms with E-state index in [9.17, 15) is 14.4 Å². The summed E-state index contributed by atoms with van der Waals surface area (Å²) in [6.07, 6.45) is 6.23. The van der Waals surface area contributed by atoms with Gasteiger partial charge in [0.05, 0.1) is 0 Å². The van der Waals surface area contributed by atoms with Gasteiger partial charge in [0.1, 0.15) is 0 Å². The molecule has 0 aliphatic heterocycles. The number of Topliss-reactive ketones (excluding diaryl/α,β-unsaturated/α-hetero) is 1. The van der Waals surface area contributed by atoms with Gasteiger partial charge in [-0.1, -0.05) is 24.3 Å². The second-order valence-corrected chi connectivity index (χ2v) is 7.72. The molecule has 0 spiro atoms. The molecule has 2 aromatic rings. The number of esters is 1. The van der Waals surface area contributed by atoms with Crippen LogP contribution in [0.4, 0.5) is 0 Å². The molecule has 0 atom stereocenters. The zero-order chi connectivity index (χ0) is 21.7. The van der Waals surface area contributed by atoms with Crippen LogP contribution in [-0.2, 0) is 20.7 Å². The molecular weight excluding hydrogens is 380 g/mol. The van der Waals surface area contributed by atoms with Crippen LogP contribution in [0.1, 0.15) is 58.7 Å². The molecule has 1 saturated carbocycles. The number of aromatic nitrogens is 1. The predicted molar refractivity (Wildman–Crippen MR) is 115 cm³/mol. The maximum Gasteiger partial charge on any atom is 0.331 e. The summed E-state index contributed by atoms with van der Waals surface area (Å²) in [6, 6.07) is 9.76. The molecule has 0 bridgehead atoms. The zero-order valence-electron chi connectivity index (χ0n) is 17.7. The van der Waals surface area contributed by atoms with Gasteiger partial charge in [-0.15, -0.1) is 0 Å². The highest BCUT2D eigenvalue weighted by molar-refractivity contribution is 5.99. The van der Waals surface area contributed by atoms with Gasteiger partial charge in [0.2, 0.25) is 5.91 Å². The van der Waals surface area contributed by atoms with Crippen LogP contribution in [0.15, 0.2) is 36.4 Å². The van der Waals surface area contributed by atoms with Crippen molar-refractivity contribution in [3.05, 3.63) is 64.5 Å². The topological polar surface area (TPSA) is 77.4 Å². The van der Waals surface area contributed by atoms with Crippen LogP contribution in [0, 0.1) is 13.8 Å². The van der Waals surface area contributed by atoms with E-state index in [1.54, 1.807) is 18.2 Å². The Morgan fingerprint density at radius 3 is 2.50 bits per heavy atom. The van der Waals surface area contributed by atoms with Crippen molar-refractivity contribution in [3.8, 4) is 0 Å². The third-order valence-corrected chi connectivity index (χ3v) is 5.24. The monoisotopic (exact) mass is 408 g/mol. The number of ether oxygens (including phenoxy) is 1. The summed E-state index contributed by atoms with van der Waals surface area (Å²) in [7, 11) is 0. The van der Waals surface area contributed by atoms with E-state index in [2.05, 4.69) is 29.8 Å². The molecule has 1 aromatic heterocycles. The Kier molecular flexibility index (Phi) is 6.87. The van der Waals surface area contributed by atoms with Gasteiger partial charge in [0.25, 0.3) is 0 Å². The number of rotatable bonds is 9. The molecule has 1 N–H and O–H groups in total. The van der Waals surface area contributed by atoms with E-state index >= 15 is 0 Å². The minimum absolute atomic E-state index is 0.0663. The Bertz CT molecular complexity index is 966. The lowest BCUT2D eigenvalue weighted by atomic mass is 10.1. The third kappa shape index (κ3) is 5.69. The molecule has 0 unspecified atom stereocenters. The standard InChI is InChI=1S/C24H28N2O4/c1-16-14-21(17(2)26(16)22-9-10-22)8-11-24(29)30-15-23(28)20-6-4-19(5-7-20)12-13-25-18(3)27/h4-8,11,14,22H,9-10,12-13,15H2,1-3H3,(H,25,27)/b11-8+. The Hall–Kier alpha value is -3.15. The van der Waals surface area contributed by atoms with E-state index in [4.69, 9.17) is 4.74 Å². The van der Waals surface area contributed by atoms with Gasteiger partial charge < -0.3 is 14.6 Å². The van der Waals surface area contributed by atoms with E-state index in [0.717, 1.165) is 16.8 Å². The number of nitrogens with zero attached hydrogens (tertiary/aromatic N) is 1. The van der Waals surface area contributed by atoms with Crippen LogP contribution in [0.25, 0.3) is 6.08 Å². The first-order chi connectivity index (χ1) is 14.3. The number of ketones is 1. The van der Waals surface area contributed by atoms with Gasteiger partial charge in [0, 0.05) is 42.5 Å². The Morgan fingerprint density at radius 1 is 1.17 bits per heavy atom. The SMILES string of the molecule is CC(=O)NCCc1ccc(C(=O)COC(=O)/C=C/c2cc(C)n(C3CC3)c2C)cc1. The van der Waals surface area contributed by atoms with Crippen molar-refractivity contribution < 1.29 is 19.1 Å². The highest BCUT2D eigenvalue weighted by atomic mass is 16.5. The van der Waals surface area contributed by atoms with Gasteiger partial charge in [-0.2, -0.15) is 0 Å². The fourth-order valence-corrected chi connectivity index (χ4v) is 3.53. The number of benzene rings is 1. The molecule has 3 rings (SSSR count). The van der Waals surface area contributed by atoms with E-state index in [1.165, 1.54) is 31.5 Å². The molecule has 1 amide bonds. The van der Waals surface area contributed by atoms with Gasteiger partial charge in [-0.05, 0) is 56.4 Å². The summed E-state index contributed by atoms with van der Waals surface area (Å²) in [5, 5.41) is 2.73. The van der Waals surface area contributed by atoms with E-state index in [1.807, 2.05) is 12.1 Å². The summed E-state index contributed by atoms with van der Waals surface area (Å²) >= 11 is 0. The average Bonchev–Trinajstić information content (AvgIpc) is 3.50. The van der Waals surface area contributed by atoms with Crippen molar-refractivity contribution in [2.75, 3.05) is 13.2 Å². The van der Waals surface area contributed by atoms with Crippen molar-refractivity contribution in [3.63, 3.8) is 0 Å². The molecule has 1 aromatic carbocycles. The molecule has 6 heteroatoms. The summed E-state index contributed by atoms with van der Waals surface area (Å²) in [4.78, 5) is 35.2. The van der Waals surface area contributed by atoms with Crippen LogP contribution in [0.2, 0.25) is 0 Å². The maximum atomic E-state index is 12.3. The minimum Gasteiger partial charge on any atom is -0.454 e. The molecule has 0 saturated heterocycles. The molecule has 0 radical (unpaired) electrons. The van der Waals surface area contributed by atoms with Crippen molar-refractivity contribution in [1.29, 1.82) is 0 Å². The third-order valence-electron chi connectivity index (χ3n) is 5.24. The fraction of sp³-hybridized carbons (Fsp3) is 0.375. The summed E-state index contributed by atoms with van der Waals surface area (Å²) in [5.74, 6) is -0.855. The summed E-state index contributed by atoms with van der Waals surface area (Å²) in [6.45, 7) is 5.86. The minimum atomic E-state index is -0.536. The molecule has 1 fully saturated rings. The molecule has 6 nitrogen and oxygen atoms in total. The number of aryl methyl sites for hydroxylation is 1. The van der Waals surface area contributed by atoms with Gasteiger partial charge in [-0.3, -0.25) is 9.59 Å². The lowest BCUT2D eigenvalue weighted by Gasteiger charge is -2.06. The normalized spacial score (nSPS) is 13.4. The first kappa shape index (κ1) is 21.6. The quantitative estimate of drug-likeness (QED) is 0.391. The van der Waals surface area contributed by atoms with Crippen molar-refractivity contribution in [2.45, 2.75) is 46.1 Å². The predicted octanol–water partition coefficient (Wildman–Crippen LogP) is 3.56. The smallest absolute Gasteiger partial charge is 0.331 e. The van der Waals surface area contributed by atoms with Crippen LogP contribution in [0.3, 0.4) is 0 Å². The van der Waals surface area contributed by atoms with Gasteiger partial charge in [0.15, 0.2) is 12.4 Å². The molecule has 158 valence electrons. The van der Waals surface area contributed by atoms with Crippen LogP contribution in [0.5, 0.6) is 0 Å². The Labute approximate surface area is 176 Å². The summed E-state index contributed by atoms with van der Waals surface area (Å²) in [5.41, 5.74) is 4.84. The number of amides is 1. The number of hydrogen-bond acceptors (Lipinski definition) is 4. The van der Waals surface area contributed by atoms with Crippen LogP contribution in [-0.4, -0.2) is 35.4 Å². The van der Waals surface area contributed by atoms with Crippen molar-refractivity contribution in [1.82, 2.24) is 9.88 Å². The zero-order valence-corrected chi connectivity index (χ0v) is 17.7. The molecule has 1 heterocycles. The molecular formula is C24H28N2O4. The molecule has 30 heavy (non-hydrogen) atoms. The Morgan fingerprint density at radius 2 is 1.87 bits per heavy atom. The summed E-state index contributed by atoms with van der Waals surface area (Å²) < 4.78 is 7.42. The lowest BCUT2D eigenvalue weighted by molar-refractivity contribution is -0.136. The van der Waals surface area contributed by atoms with E-state index in [0.29, 0.717) is 24.6 Å². The largest absolute Gasteiger partial charge is 0.454 e.